The lowest BCUT2D eigenvalue weighted by Crippen LogP contribution is -2.30. The lowest BCUT2D eigenvalue weighted by Gasteiger charge is -2.11. The van der Waals surface area contributed by atoms with E-state index in [2.05, 4.69) is 10.6 Å². The zero-order chi connectivity index (χ0) is 12.8. The van der Waals surface area contributed by atoms with E-state index in [-0.39, 0.29) is 11.7 Å². The number of hydrogen-bond donors (Lipinski definition) is 2. The minimum absolute atomic E-state index is 0.218. The molecule has 1 aromatic carbocycles. The summed E-state index contributed by atoms with van der Waals surface area (Å²) >= 11 is 0. The monoisotopic (exact) mass is 250 g/mol. The number of nitrogens with one attached hydrogen (secondary N) is 2. The van der Waals surface area contributed by atoms with Crippen LogP contribution in [-0.4, -0.2) is 12.6 Å². The van der Waals surface area contributed by atoms with E-state index in [1.54, 1.807) is 18.2 Å². The fraction of sp³-hybridized carbons (Fsp3) is 0.500. The highest BCUT2D eigenvalue weighted by atomic mass is 19.1. The van der Waals surface area contributed by atoms with Crippen molar-refractivity contribution in [1.29, 1.82) is 0 Å². The zero-order valence-corrected chi connectivity index (χ0v) is 10.4. The molecule has 1 aliphatic rings. The maximum atomic E-state index is 13.3. The van der Waals surface area contributed by atoms with Crippen LogP contribution >= 0.6 is 0 Å². The van der Waals surface area contributed by atoms with Gasteiger partial charge in [0.2, 0.25) is 0 Å². The van der Waals surface area contributed by atoms with Gasteiger partial charge in [-0.05, 0) is 24.5 Å². The topological polar surface area (TPSA) is 41.1 Å². The van der Waals surface area contributed by atoms with Crippen molar-refractivity contribution < 1.29 is 9.18 Å². The van der Waals surface area contributed by atoms with Crippen molar-refractivity contribution in [3.05, 3.63) is 30.1 Å². The molecule has 18 heavy (non-hydrogen) atoms. The molecule has 2 N–H and O–H groups in total. The summed E-state index contributed by atoms with van der Waals surface area (Å²) in [5.74, 6) is 0.335. The fourth-order valence-electron chi connectivity index (χ4n) is 2.42. The summed E-state index contributed by atoms with van der Waals surface area (Å²) in [6.45, 7) is 0.658. The van der Waals surface area contributed by atoms with E-state index < -0.39 is 5.82 Å². The van der Waals surface area contributed by atoms with Gasteiger partial charge in [-0.1, -0.05) is 37.8 Å². The second kappa shape index (κ2) is 6.38. The second-order valence-corrected chi connectivity index (χ2v) is 4.80. The van der Waals surface area contributed by atoms with Crippen LogP contribution in [0, 0.1) is 11.7 Å². The third-order valence-corrected chi connectivity index (χ3v) is 3.43. The van der Waals surface area contributed by atoms with Gasteiger partial charge in [0, 0.05) is 6.54 Å². The number of urea groups is 1. The highest BCUT2D eigenvalue weighted by Gasteiger charge is 2.14. The van der Waals surface area contributed by atoms with E-state index in [1.807, 2.05) is 0 Å². The molecule has 1 aromatic rings. The Hall–Kier alpha value is -1.58. The molecule has 0 unspecified atom stereocenters. The van der Waals surface area contributed by atoms with Crippen LogP contribution in [0.1, 0.15) is 32.1 Å². The Morgan fingerprint density at radius 1 is 1.28 bits per heavy atom. The summed E-state index contributed by atoms with van der Waals surface area (Å²) < 4.78 is 13.3. The van der Waals surface area contributed by atoms with Crippen LogP contribution in [0.5, 0.6) is 0 Å². The maximum Gasteiger partial charge on any atom is 0.319 e. The number of amides is 2. The van der Waals surface area contributed by atoms with E-state index in [0.29, 0.717) is 6.54 Å². The molecule has 0 spiro atoms. The first-order valence-corrected chi connectivity index (χ1v) is 6.55. The summed E-state index contributed by atoms with van der Waals surface area (Å²) in [5.41, 5.74) is 0.218. The van der Waals surface area contributed by atoms with Gasteiger partial charge in [-0.15, -0.1) is 0 Å². The summed E-state index contributed by atoms with van der Waals surface area (Å²) in [6.07, 6.45) is 6.19. The zero-order valence-electron chi connectivity index (χ0n) is 10.4. The number of halogens is 1. The first kappa shape index (κ1) is 12.9. The van der Waals surface area contributed by atoms with Crippen molar-refractivity contribution in [2.75, 3.05) is 11.9 Å². The van der Waals surface area contributed by atoms with Crippen molar-refractivity contribution >= 4 is 11.7 Å². The molecule has 0 heterocycles. The van der Waals surface area contributed by atoms with Crippen LogP contribution in [0.25, 0.3) is 0 Å². The predicted octanol–water partition coefficient (Wildman–Crippen LogP) is 3.53. The van der Waals surface area contributed by atoms with Crippen LogP contribution in [0.4, 0.5) is 14.9 Å². The number of carbonyl (C=O) groups excluding carboxylic acids is 1. The van der Waals surface area contributed by atoms with Crippen LogP contribution < -0.4 is 10.6 Å². The van der Waals surface area contributed by atoms with Crippen molar-refractivity contribution in [3.8, 4) is 0 Å². The standard InChI is InChI=1S/C14H19FN2O/c15-12-7-3-4-8-13(12)17-14(18)16-10-9-11-5-1-2-6-11/h3-4,7-8,11H,1-2,5-6,9-10H2,(H2,16,17,18). The molecular weight excluding hydrogens is 231 g/mol. The number of hydrogen-bond acceptors (Lipinski definition) is 1. The molecular formula is C14H19FN2O. The number of carbonyl (C=O) groups is 1. The number of para-hydroxylation sites is 1. The van der Waals surface area contributed by atoms with E-state index in [1.165, 1.54) is 31.7 Å². The molecule has 1 aliphatic carbocycles. The Kier molecular flexibility index (Phi) is 4.56. The van der Waals surface area contributed by atoms with Gasteiger partial charge in [0.05, 0.1) is 5.69 Å². The molecule has 2 rings (SSSR count). The molecule has 2 amide bonds. The normalized spacial score (nSPS) is 15.6. The molecule has 0 radical (unpaired) electrons. The predicted molar refractivity (Wildman–Crippen MR) is 70.0 cm³/mol. The van der Waals surface area contributed by atoms with Gasteiger partial charge >= 0.3 is 6.03 Å². The molecule has 0 atom stereocenters. The summed E-state index contributed by atoms with van der Waals surface area (Å²) in [6, 6.07) is 5.83. The quantitative estimate of drug-likeness (QED) is 0.843. The first-order chi connectivity index (χ1) is 8.75. The Balaban J connectivity index is 1.70. The Morgan fingerprint density at radius 2 is 2.00 bits per heavy atom. The summed E-state index contributed by atoms with van der Waals surface area (Å²) in [7, 11) is 0. The Bertz CT molecular complexity index is 403. The van der Waals surface area contributed by atoms with Gasteiger partial charge in [0.15, 0.2) is 0 Å². The van der Waals surface area contributed by atoms with E-state index in [4.69, 9.17) is 0 Å². The summed E-state index contributed by atoms with van der Waals surface area (Å²) in [4.78, 5) is 11.5. The average molecular weight is 250 g/mol. The lowest BCUT2D eigenvalue weighted by atomic mass is 10.0. The van der Waals surface area contributed by atoms with Gasteiger partial charge in [0.25, 0.3) is 0 Å². The number of anilines is 1. The first-order valence-electron chi connectivity index (χ1n) is 6.55. The van der Waals surface area contributed by atoms with Crippen molar-refractivity contribution in [2.24, 2.45) is 5.92 Å². The lowest BCUT2D eigenvalue weighted by molar-refractivity contribution is 0.251. The molecule has 98 valence electrons. The van der Waals surface area contributed by atoms with Crippen LogP contribution in [0.3, 0.4) is 0 Å². The largest absolute Gasteiger partial charge is 0.338 e. The van der Waals surface area contributed by atoms with Crippen molar-refractivity contribution in [3.63, 3.8) is 0 Å². The molecule has 1 fully saturated rings. The molecule has 0 aromatic heterocycles. The number of rotatable bonds is 4. The van der Waals surface area contributed by atoms with Crippen LogP contribution in [0.15, 0.2) is 24.3 Å². The van der Waals surface area contributed by atoms with E-state index >= 15 is 0 Å². The number of benzene rings is 1. The van der Waals surface area contributed by atoms with Crippen LogP contribution in [-0.2, 0) is 0 Å². The van der Waals surface area contributed by atoms with E-state index in [9.17, 15) is 9.18 Å². The van der Waals surface area contributed by atoms with Crippen molar-refractivity contribution in [1.82, 2.24) is 5.32 Å². The average Bonchev–Trinajstić information content (AvgIpc) is 2.85. The molecule has 0 aliphatic heterocycles. The van der Waals surface area contributed by atoms with Gasteiger partial charge in [-0.2, -0.15) is 0 Å². The van der Waals surface area contributed by atoms with E-state index in [0.717, 1.165) is 12.3 Å². The van der Waals surface area contributed by atoms with Gasteiger partial charge in [0.1, 0.15) is 5.82 Å². The Morgan fingerprint density at radius 3 is 2.72 bits per heavy atom. The van der Waals surface area contributed by atoms with Crippen molar-refractivity contribution in [2.45, 2.75) is 32.1 Å². The molecule has 0 bridgehead atoms. The smallest absolute Gasteiger partial charge is 0.319 e. The minimum atomic E-state index is -0.413. The highest BCUT2D eigenvalue weighted by molar-refractivity contribution is 5.89. The van der Waals surface area contributed by atoms with Crippen LogP contribution in [0.2, 0.25) is 0 Å². The third-order valence-electron chi connectivity index (χ3n) is 3.43. The molecule has 4 heteroatoms. The summed E-state index contributed by atoms with van der Waals surface area (Å²) in [5, 5.41) is 5.28. The highest BCUT2D eigenvalue weighted by Crippen LogP contribution is 2.26. The second-order valence-electron chi connectivity index (χ2n) is 4.80. The Labute approximate surface area is 107 Å². The maximum absolute atomic E-state index is 13.3. The minimum Gasteiger partial charge on any atom is -0.338 e. The van der Waals surface area contributed by atoms with Gasteiger partial charge in [-0.25, -0.2) is 9.18 Å². The molecule has 1 saturated carbocycles. The van der Waals surface area contributed by atoms with Gasteiger partial charge in [-0.3, -0.25) is 0 Å². The molecule has 0 saturated heterocycles. The molecule has 3 nitrogen and oxygen atoms in total. The fourth-order valence-corrected chi connectivity index (χ4v) is 2.42. The van der Waals surface area contributed by atoms with Gasteiger partial charge < -0.3 is 10.6 Å². The SMILES string of the molecule is O=C(NCCC1CCCC1)Nc1ccccc1F. The third kappa shape index (κ3) is 3.72.